The molecule has 0 heterocycles. The van der Waals surface area contributed by atoms with Crippen molar-refractivity contribution in [1.29, 1.82) is 0 Å². The van der Waals surface area contributed by atoms with Crippen LogP contribution in [0.4, 0.5) is 5.69 Å². The van der Waals surface area contributed by atoms with Gasteiger partial charge in [-0.05, 0) is 42.0 Å². The number of esters is 2. The van der Waals surface area contributed by atoms with E-state index in [0.29, 0.717) is 11.3 Å². The van der Waals surface area contributed by atoms with Crippen molar-refractivity contribution in [3.05, 3.63) is 96.1 Å². The lowest BCUT2D eigenvalue weighted by atomic mass is 10.1. The van der Waals surface area contributed by atoms with Gasteiger partial charge in [-0.2, -0.15) is 0 Å². The number of hydrogen-bond acceptors (Lipinski definition) is 6. The van der Waals surface area contributed by atoms with Crippen LogP contribution in [0.25, 0.3) is 0 Å². The summed E-state index contributed by atoms with van der Waals surface area (Å²) < 4.78 is 9.94. The summed E-state index contributed by atoms with van der Waals surface area (Å²) >= 11 is 1.36. The van der Waals surface area contributed by atoms with Crippen molar-refractivity contribution in [3.63, 3.8) is 0 Å². The van der Waals surface area contributed by atoms with Crippen molar-refractivity contribution in [3.8, 4) is 0 Å². The lowest BCUT2D eigenvalue weighted by Crippen LogP contribution is -2.23. The Morgan fingerprint density at radius 1 is 0.871 bits per heavy atom. The molecule has 1 N–H and O–H groups in total. The number of methoxy groups -OCH3 is 1. The molecule has 0 bridgehead atoms. The zero-order chi connectivity index (χ0) is 22.1. The van der Waals surface area contributed by atoms with Crippen LogP contribution in [0.2, 0.25) is 0 Å². The number of amides is 1. The Bertz CT molecular complexity index is 1020. The Balaban J connectivity index is 1.61. The van der Waals surface area contributed by atoms with Crippen molar-refractivity contribution >= 4 is 35.3 Å². The van der Waals surface area contributed by atoms with Gasteiger partial charge in [0.15, 0.2) is 6.61 Å². The predicted molar refractivity (Wildman–Crippen MR) is 119 cm³/mol. The molecule has 1 amide bonds. The number of carbonyl (C=O) groups is 3. The van der Waals surface area contributed by atoms with Gasteiger partial charge in [0, 0.05) is 10.6 Å². The second-order valence-electron chi connectivity index (χ2n) is 6.45. The monoisotopic (exact) mass is 435 g/mol. The van der Waals surface area contributed by atoms with E-state index in [1.54, 1.807) is 12.1 Å². The minimum atomic E-state index is -0.601. The van der Waals surface area contributed by atoms with Crippen LogP contribution < -0.4 is 5.32 Å². The highest BCUT2D eigenvalue weighted by molar-refractivity contribution is 8.00. The fraction of sp³-hybridized carbons (Fsp3) is 0.125. The number of hydrogen-bond donors (Lipinski definition) is 1. The Labute approximate surface area is 184 Å². The van der Waals surface area contributed by atoms with E-state index >= 15 is 0 Å². The van der Waals surface area contributed by atoms with Gasteiger partial charge < -0.3 is 14.8 Å². The maximum atomic E-state index is 12.8. The molecule has 0 aliphatic rings. The molecule has 6 nitrogen and oxygen atoms in total. The Morgan fingerprint density at radius 3 is 2.10 bits per heavy atom. The first-order valence-corrected chi connectivity index (χ1v) is 10.4. The zero-order valence-corrected chi connectivity index (χ0v) is 17.6. The zero-order valence-electron chi connectivity index (χ0n) is 16.8. The standard InChI is InChI=1S/C24H21NO5S/c1-29-23(27)18-12-14-19(15-13-18)25-21(26)16-30-24(28)22(17-8-4-2-5-9-17)31-20-10-6-3-7-11-20/h2-15,22H,16H2,1H3,(H,25,26)/t22-/m1/s1. The summed E-state index contributed by atoms with van der Waals surface area (Å²) in [6.07, 6.45) is 0. The van der Waals surface area contributed by atoms with Crippen LogP contribution in [-0.2, 0) is 19.1 Å². The minimum Gasteiger partial charge on any atom is -0.465 e. The van der Waals surface area contributed by atoms with Gasteiger partial charge >= 0.3 is 11.9 Å². The van der Waals surface area contributed by atoms with E-state index in [1.807, 2.05) is 60.7 Å². The predicted octanol–water partition coefficient (Wildman–Crippen LogP) is 4.49. The number of ether oxygens (including phenoxy) is 2. The molecular weight excluding hydrogens is 414 g/mol. The molecule has 0 aliphatic heterocycles. The summed E-state index contributed by atoms with van der Waals surface area (Å²) in [6.45, 7) is -0.420. The Morgan fingerprint density at radius 2 is 1.48 bits per heavy atom. The fourth-order valence-corrected chi connectivity index (χ4v) is 3.78. The van der Waals surface area contributed by atoms with E-state index in [1.165, 1.54) is 31.0 Å². The highest BCUT2D eigenvalue weighted by atomic mass is 32.2. The van der Waals surface area contributed by atoms with Gasteiger partial charge in [-0.3, -0.25) is 9.59 Å². The molecule has 0 fully saturated rings. The third-order valence-corrected chi connectivity index (χ3v) is 5.49. The first kappa shape index (κ1) is 22.1. The average Bonchev–Trinajstić information content (AvgIpc) is 2.82. The first-order chi connectivity index (χ1) is 15.1. The van der Waals surface area contributed by atoms with Crippen molar-refractivity contribution in [1.82, 2.24) is 0 Å². The number of rotatable bonds is 8. The van der Waals surface area contributed by atoms with Gasteiger partial charge in [0.05, 0.1) is 12.7 Å². The lowest BCUT2D eigenvalue weighted by molar-refractivity contribution is -0.146. The second-order valence-corrected chi connectivity index (χ2v) is 7.62. The SMILES string of the molecule is COC(=O)c1ccc(NC(=O)COC(=O)[C@H](Sc2ccccc2)c2ccccc2)cc1. The summed E-state index contributed by atoms with van der Waals surface area (Å²) in [5.74, 6) is -1.44. The van der Waals surface area contributed by atoms with E-state index in [9.17, 15) is 14.4 Å². The quantitative estimate of drug-likeness (QED) is 0.415. The molecular formula is C24H21NO5S. The van der Waals surface area contributed by atoms with E-state index in [4.69, 9.17) is 4.74 Å². The smallest absolute Gasteiger partial charge is 0.337 e. The van der Waals surface area contributed by atoms with Gasteiger partial charge in [0.25, 0.3) is 5.91 Å². The molecule has 7 heteroatoms. The largest absolute Gasteiger partial charge is 0.465 e. The van der Waals surface area contributed by atoms with E-state index in [0.717, 1.165) is 10.5 Å². The summed E-state index contributed by atoms with van der Waals surface area (Å²) in [7, 11) is 1.30. The molecule has 31 heavy (non-hydrogen) atoms. The second kappa shape index (κ2) is 11.0. The maximum Gasteiger partial charge on any atom is 0.337 e. The number of benzene rings is 3. The van der Waals surface area contributed by atoms with Gasteiger partial charge in [-0.15, -0.1) is 11.8 Å². The van der Waals surface area contributed by atoms with Crippen LogP contribution >= 0.6 is 11.8 Å². The highest BCUT2D eigenvalue weighted by Gasteiger charge is 2.24. The van der Waals surface area contributed by atoms with Crippen molar-refractivity contribution in [2.75, 3.05) is 19.0 Å². The topological polar surface area (TPSA) is 81.7 Å². The molecule has 0 aromatic heterocycles. The highest BCUT2D eigenvalue weighted by Crippen LogP contribution is 2.36. The van der Waals surface area contributed by atoms with Crippen LogP contribution in [0.3, 0.4) is 0 Å². The van der Waals surface area contributed by atoms with E-state index in [-0.39, 0.29) is 0 Å². The average molecular weight is 436 g/mol. The molecule has 3 aromatic carbocycles. The summed E-state index contributed by atoms with van der Waals surface area (Å²) in [5, 5.41) is 2.03. The molecule has 158 valence electrons. The van der Waals surface area contributed by atoms with Crippen LogP contribution in [0.1, 0.15) is 21.2 Å². The van der Waals surface area contributed by atoms with Crippen molar-refractivity contribution < 1.29 is 23.9 Å². The fourth-order valence-electron chi connectivity index (χ4n) is 2.73. The Hall–Kier alpha value is -3.58. The molecule has 3 rings (SSSR count). The molecule has 3 aromatic rings. The summed E-state index contributed by atoms with van der Waals surface area (Å²) in [6, 6.07) is 25.0. The molecule has 0 spiro atoms. The number of nitrogens with one attached hydrogen (secondary N) is 1. The number of thioether (sulfide) groups is 1. The molecule has 0 radical (unpaired) electrons. The molecule has 0 unspecified atom stereocenters. The number of carbonyl (C=O) groups excluding carboxylic acids is 3. The van der Waals surface area contributed by atoms with E-state index < -0.39 is 29.7 Å². The van der Waals surface area contributed by atoms with Crippen LogP contribution in [0, 0.1) is 0 Å². The van der Waals surface area contributed by atoms with Gasteiger partial charge in [-0.1, -0.05) is 48.5 Å². The third kappa shape index (κ3) is 6.45. The minimum absolute atomic E-state index is 0.371. The molecule has 1 atom stereocenters. The van der Waals surface area contributed by atoms with Gasteiger partial charge in [0.1, 0.15) is 5.25 Å². The Kier molecular flexibility index (Phi) is 7.84. The lowest BCUT2D eigenvalue weighted by Gasteiger charge is -2.16. The van der Waals surface area contributed by atoms with E-state index in [2.05, 4.69) is 10.1 Å². The normalized spacial score (nSPS) is 11.3. The summed E-state index contributed by atoms with van der Waals surface area (Å²) in [5.41, 5.74) is 1.64. The molecule has 0 saturated heterocycles. The maximum absolute atomic E-state index is 12.8. The van der Waals surface area contributed by atoms with Gasteiger partial charge in [-0.25, -0.2) is 4.79 Å². The van der Waals surface area contributed by atoms with Crippen molar-refractivity contribution in [2.45, 2.75) is 10.1 Å². The first-order valence-electron chi connectivity index (χ1n) is 9.48. The summed E-state index contributed by atoms with van der Waals surface area (Å²) in [4.78, 5) is 37.4. The number of anilines is 1. The third-order valence-electron chi connectivity index (χ3n) is 4.25. The van der Waals surface area contributed by atoms with Crippen LogP contribution in [0.5, 0.6) is 0 Å². The molecule has 0 saturated carbocycles. The van der Waals surface area contributed by atoms with Crippen LogP contribution in [0.15, 0.2) is 89.8 Å². The van der Waals surface area contributed by atoms with Crippen molar-refractivity contribution in [2.24, 2.45) is 0 Å². The van der Waals surface area contributed by atoms with Gasteiger partial charge in [0.2, 0.25) is 0 Å². The molecule has 0 aliphatic carbocycles. The van der Waals surface area contributed by atoms with Crippen LogP contribution in [-0.4, -0.2) is 31.6 Å².